The summed E-state index contributed by atoms with van der Waals surface area (Å²) >= 11 is 1.50. The minimum atomic E-state index is -3.15. The first-order valence-corrected chi connectivity index (χ1v) is 8.70. The quantitative estimate of drug-likeness (QED) is 0.876. The van der Waals surface area contributed by atoms with Crippen LogP contribution in [-0.4, -0.2) is 19.2 Å². The van der Waals surface area contributed by atoms with E-state index in [2.05, 4.69) is 30.5 Å². The van der Waals surface area contributed by atoms with Gasteiger partial charge in [-0.2, -0.15) is 0 Å². The first-order chi connectivity index (χ1) is 8.24. The van der Waals surface area contributed by atoms with Crippen LogP contribution in [0.3, 0.4) is 0 Å². The second-order valence-corrected chi connectivity index (χ2v) is 8.24. The van der Waals surface area contributed by atoms with E-state index in [1.54, 1.807) is 0 Å². The van der Waals surface area contributed by atoms with Crippen molar-refractivity contribution in [2.45, 2.75) is 52.5 Å². The molecule has 1 aromatic rings. The molecule has 0 bridgehead atoms. The van der Waals surface area contributed by atoms with Crippen molar-refractivity contribution in [3.63, 3.8) is 0 Å². The van der Waals surface area contributed by atoms with Crippen LogP contribution in [0, 0.1) is 0 Å². The van der Waals surface area contributed by atoms with Crippen LogP contribution in [0.25, 0.3) is 0 Å². The van der Waals surface area contributed by atoms with Gasteiger partial charge in [0.1, 0.15) is 5.01 Å². The van der Waals surface area contributed by atoms with Gasteiger partial charge in [-0.25, -0.2) is 18.1 Å². The van der Waals surface area contributed by atoms with Gasteiger partial charge in [-0.1, -0.05) is 34.1 Å². The first-order valence-electron chi connectivity index (χ1n) is 6.17. The zero-order chi connectivity index (χ0) is 13.8. The molecule has 0 radical (unpaired) electrons. The highest BCUT2D eigenvalue weighted by atomic mass is 32.2. The lowest BCUT2D eigenvalue weighted by molar-refractivity contribution is 0.567. The smallest absolute Gasteiger partial charge is 0.211 e. The first kappa shape index (κ1) is 15.6. The number of aromatic nitrogens is 1. The molecule has 1 N–H and O–H groups in total. The van der Waals surface area contributed by atoms with Crippen LogP contribution in [0.15, 0.2) is 5.38 Å². The largest absolute Gasteiger partial charge is 0.244 e. The molecule has 1 heterocycles. The number of nitrogens with one attached hydrogen (secondary N) is 1. The third kappa shape index (κ3) is 5.04. The molecule has 0 aliphatic carbocycles. The molecule has 0 unspecified atom stereocenters. The average Bonchev–Trinajstić information content (AvgIpc) is 2.72. The minimum Gasteiger partial charge on any atom is -0.244 e. The van der Waals surface area contributed by atoms with Crippen molar-refractivity contribution in [1.29, 1.82) is 0 Å². The van der Waals surface area contributed by atoms with Crippen molar-refractivity contribution in [3.05, 3.63) is 16.1 Å². The van der Waals surface area contributed by atoms with Gasteiger partial charge in [-0.05, 0) is 6.42 Å². The van der Waals surface area contributed by atoms with Gasteiger partial charge >= 0.3 is 0 Å². The van der Waals surface area contributed by atoms with Gasteiger partial charge in [0, 0.05) is 10.8 Å². The molecule has 1 rings (SSSR count). The molecule has 1 aromatic heterocycles. The van der Waals surface area contributed by atoms with Crippen molar-refractivity contribution in [1.82, 2.24) is 9.71 Å². The number of rotatable bonds is 6. The molecule has 0 aliphatic heterocycles. The van der Waals surface area contributed by atoms with Gasteiger partial charge in [0.2, 0.25) is 10.0 Å². The van der Waals surface area contributed by atoms with E-state index in [-0.39, 0.29) is 11.2 Å². The van der Waals surface area contributed by atoms with Crippen LogP contribution in [0.2, 0.25) is 0 Å². The summed E-state index contributed by atoms with van der Waals surface area (Å²) in [4.78, 5) is 4.46. The third-order valence-corrected chi connectivity index (χ3v) is 4.79. The van der Waals surface area contributed by atoms with Gasteiger partial charge in [0.25, 0.3) is 0 Å². The molecule has 18 heavy (non-hydrogen) atoms. The highest BCUT2D eigenvalue weighted by Gasteiger charge is 2.18. The molecule has 0 saturated carbocycles. The number of sulfonamides is 1. The number of hydrogen-bond donors (Lipinski definition) is 1. The van der Waals surface area contributed by atoms with Gasteiger partial charge < -0.3 is 0 Å². The summed E-state index contributed by atoms with van der Waals surface area (Å²) in [6.07, 6.45) is 1.58. The van der Waals surface area contributed by atoms with Crippen molar-refractivity contribution < 1.29 is 8.42 Å². The molecule has 6 heteroatoms. The summed E-state index contributed by atoms with van der Waals surface area (Å²) in [6, 6.07) is 0. The van der Waals surface area contributed by atoms with Crippen LogP contribution in [0.5, 0.6) is 0 Å². The fourth-order valence-corrected chi connectivity index (χ4v) is 3.54. The second kappa shape index (κ2) is 6.12. The molecule has 0 atom stereocenters. The van der Waals surface area contributed by atoms with Crippen molar-refractivity contribution in [2.75, 3.05) is 5.75 Å². The fraction of sp³-hybridized carbons (Fsp3) is 0.750. The van der Waals surface area contributed by atoms with E-state index in [1.807, 2.05) is 12.3 Å². The Kier molecular flexibility index (Phi) is 5.31. The van der Waals surface area contributed by atoms with E-state index in [9.17, 15) is 8.42 Å². The summed E-state index contributed by atoms with van der Waals surface area (Å²) in [5.41, 5.74) is 1.02. The van der Waals surface area contributed by atoms with E-state index in [0.717, 1.165) is 17.1 Å². The van der Waals surface area contributed by atoms with Crippen LogP contribution >= 0.6 is 11.3 Å². The highest BCUT2D eigenvalue weighted by molar-refractivity contribution is 7.89. The van der Waals surface area contributed by atoms with Gasteiger partial charge in [0.05, 0.1) is 18.0 Å². The minimum absolute atomic E-state index is 0.00976. The number of thiazole rings is 1. The maximum atomic E-state index is 11.6. The number of nitrogens with zero attached hydrogens (tertiary/aromatic N) is 1. The molecular formula is C12H22N2O2S2. The number of hydrogen-bond acceptors (Lipinski definition) is 4. The van der Waals surface area contributed by atoms with Crippen molar-refractivity contribution in [2.24, 2.45) is 0 Å². The Balaban J connectivity index is 2.57. The molecule has 104 valence electrons. The molecule has 0 spiro atoms. The monoisotopic (exact) mass is 290 g/mol. The maximum Gasteiger partial charge on any atom is 0.211 e. The van der Waals surface area contributed by atoms with Crippen molar-refractivity contribution >= 4 is 21.4 Å². The molecule has 0 amide bonds. The standard InChI is InChI=1S/C12H22N2O2S2/c1-5-6-7-18(15,16)13-8-11-14-10(9-17-11)12(2,3)4/h9,13H,5-8H2,1-4H3. The van der Waals surface area contributed by atoms with Crippen LogP contribution < -0.4 is 4.72 Å². The molecule has 0 aliphatic rings. The van der Waals surface area contributed by atoms with E-state index in [4.69, 9.17) is 0 Å². The van der Waals surface area contributed by atoms with Gasteiger partial charge in [-0.15, -0.1) is 11.3 Å². The van der Waals surface area contributed by atoms with Crippen molar-refractivity contribution in [3.8, 4) is 0 Å². The SMILES string of the molecule is CCCCS(=O)(=O)NCc1nc(C(C)(C)C)cs1. The summed E-state index contributed by atoms with van der Waals surface area (Å²) in [5.74, 6) is 0.195. The summed E-state index contributed by atoms with van der Waals surface area (Å²) < 4.78 is 25.9. The molecule has 0 saturated heterocycles. The molecule has 0 fully saturated rings. The Hall–Kier alpha value is -0.460. The van der Waals surface area contributed by atoms with E-state index in [1.165, 1.54) is 11.3 Å². The Morgan fingerprint density at radius 1 is 1.39 bits per heavy atom. The molecular weight excluding hydrogens is 268 g/mol. The lowest BCUT2D eigenvalue weighted by Crippen LogP contribution is -2.26. The predicted octanol–water partition coefficient (Wildman–Crippen LogP) is 2.66. The lowest BCUT2D eigenvalue weighted by atomic mass is 9.93. The molecule has 4 nitrogen and oxygen atoms in total. The van der Waals surface area contributed by atoms with E-state index in [0.29, 0.717) is 13.0 Å². The summed E-state index contributed by atoms with van der Waals surface area (Å²) in [5, 5.41) is 2.82. The summed E-state index contributed by atoms with van der Waals surface area (Å²) in [7, 11) is -3.15. The van der Waals surface area contributed by atoms with Gasteiger partial charge in [0.15, 0.2) is 0 Å². The van der Waals surface area contributed by atoms with Crippen LogP contribution in [0.4, 0.5) is 0 Å². The second-order valence-electron chi connectivity index (χ2n) is 5.37. The topological polar surface area (TPSA) is 59.1 Å². The average molecular weight is 290 g/mol. The number of unbranched alkanes of at least 4 members (excludes halogenated alkanes) is 1. The summed E-state index contributed by atoms with van der Waals surface area (Å²) in [6.45, 7) is 8.56. The molecule has 0 aromatic carbocycles. The van der Waals surface area contributed by atoms with Gasteiger partial charge in [-0.3, -0.25) is 0 Å². The third-order valence-electron chi connectivity index (χ3n) is 2.53. The van der Waals surface area contributed by atoms with Crippen LogP contribution in [-0.2, 0) is 22.0 Å². The van der Waals surface area contributed by atoms with Crippen LogP contribution in [0.1, 0.15) is 51.2 Å². The predicted molar refractivity (Wildman–Crippen MR) is 76.3 cm³/mol. The highest BCUT2D eigenvalue weighted by Crippen LogP contribution is 2.23. The lowest BCUT2D eigenvalue weighted by Gasteiger charge is -2.14. The fourth-order valence-electron chi connectivity index (χ4n) is 1.31. The normalized spacial score (nSPS) is 12.9. The Morgan fingerprint density at radius 3 is 2.56 bits per heavy atom. The Morgan fingerprint density at radius 2 is 2.06 bits per heavy atom. The Labute approximate surface area is 114 Å². The van der Waals surface area contributed by atoms with E-state index < -0.39 is 10.0 Å². The Bertz CT molecular complexity index is 473. The zero-order valence-electron chi connectivity index (χ0n) is 11.5. The maximum absolute atomic E-state index is 11.6. The zero-order valence-corrected chi connectivity index (χ0v) is 13.1. The van der Waals surface area contributed by atoms with E-state index >= 15 is 0 Å².